The number of nitrogens with zero attached hydrogens (tertiary/aromatic N) is 1. The van der Waals surface area contributed by atoms with Crippen molar-refractivity contribution >= 4 is 21.6 Å². The van der Waals surface area contributed by atoms with E-state index >= 15 is 0 Å². The number of aryl methyl sites for hydroxylation is 1. The minimum Gasteiger partial charge on any atom is -0.398 e. The van der Waals surface area contributed by atoms with Gasteiger partial charge in [0, 0.05) is 24.1 Å². The summed E-state index contributed by atoms with van der Waals surface area (Å²) in [6, 6.07) is 1.60. The second-order valence-electron chi connectivity index (χ2n) is 3.89. The van der Waals surface area contributed by atoms with Crippen LogP contribution in [0.5, 0.6) is 0 Å². The smallest absolute Gasteiger partial charge is 0.254 e. The van der Waals surface area contributed by atoms with Crippen molar-refractivity contribution in [3.8, 4) is 0 Å². The quantitative estimate of drug-likeness (QED) is 0.615. The van der Waals surface area contributed by atoms with Crippen molar-refractivity contribution in [2.75, 3.05) is 18.0 Å². The van der Waals surface area contributed by atoms with Gasteiger partial charge in [0.15, 0.2) is 0 Å². The number of hydrogen-bond acceptors (Lipinski definition) is 5. The lowest BCUT2D eigenvalue weighted by Gasteiger charge is -2.07. The first-order chi connectivity index (χ1) is 8.29. The Morgan fingerprint density at radius 2 is 2.17 bits per heavy atom. The molecule has 0 aliphatic rings. The number of carbonyl (C=O) groups is 1. The fraction of sp³-hybridized carbons (Fsp3) is 0.400. The zero-order valence-electron chi connectivity index (χ0n) is 10.0. The molecule has 18 heavy (non-hydrogen) atoms. The van der Waals surface area contributed by atoms with Crippen LogP contribution in [0, 0.1) is 6.92 Å². The maximum Gasteiger partial charge on any atom is 0.254 e. The topological polar surface area (TPSA) is 128 Å². The van der Waals surface area contributed by atoms with Gasteiger partial charge in [0.05, 0.1) is 11.3 Å². The summed E-state index contributed by atoms with van der Waals surface area (Å²) in [6.07, 6.45) is 1.64. The minimum absolute atomic E-state index is 0.172. The van der Waals surface area contributed by atoms with E-state index in [9.17, 15) is 13.2 Å². The number of sulfonamides is 1. The van der Waals surface area contributed by atoms with Crippen molar-refractivity contribution in [2.45, 2.75) is 13.3 Å². The van der Waals surface area contributed by atoms with Gasteiger partial charge < -0.3 is 11.1 Å². The Morgan fingerprint density at radius 1 is 1.50 bits per heavy atom. The van der Waals surface area contributed by atoms with Gasteiger partial charge in [0.25, 0.3) is 5.91 Å². The third kappa shape index (κ3) is 4.68. The molecule has 1 aromatic heterocycles. The van der Waals surface area contributed by atoms with Crippen molar-refractivity contribution < 1.29 is 13.2 Å². The molecule has 0 radical (unpaired) electrons. The molecule has 0 unspecified atom stereocenters. The molecular weight excluding hydrogens is 256 g/mol. The maximum atomic E-state index is 11.7. The molecule has 0 aromatic carbocycles. The Hall–Kier alpha value is -1.67. The number of pyridine rings is 1. The van der Waals surface area contributed by atoms with E-state index in [1.54, 1.807) is 13.0 Å². The molecule has 7 nitrogen and oxygen atoms in total. The van der Waals surface area contributed by atoms with E-state index in [0.717, 1.165) is 5.69 Å². The first kappa shape index (κ1) is 14.4. The molecule has 0 aliphatic heterocycles. The van der Waals surface area contributed by atoms with Gasteiger partial charge in [0.1, 0.15) is 0 Å². The lowest BCUT2D eigenvalue weighted by Crippen LogP contribution is -2.28. The summed E-state index contributed by atoms with van der Waals surface area (Å²) in [5.41, 5.74) is 7.01. The monoisotopic (exact) mass is 272 g/mol. The lowest BCUT2D eigenvalue weighted by atomic mass is 10.2. The summed E-state index contributed by atoms with van der Waals surface area (Å²) >= 11 is 0. The number of nitrogens with one attached hydrogen (secondary N) is 1. The standard InChI is InChI=1S/C10H16N4O3S/c1-7-5-9(11)8(6-14-7)10(15)13-3-2-4-18(12,16)17/h5-6H,2-4H2,1H3,(H2,11,14)(H,13,15)(H2,12,16,17). The van der Waals surface area contributed by atoms with Crippen molar-refractivity contribution in [2.24, 2.45) is 5.14 Å². The average molecular weight is 272 g/mol. The van der Waals surface area contributed by atoms with E-state index in [4.69, 9.17) is 10.9 Å². The van der Waals surface area contributed by atoms with Crippen LogP contribution in [0.1, 0.15) is 22.5 Å². The van der Waals surface area contributed by atoms with Crippen molar-refractivity contribution in [3.63, 3.8) is 0 Å². The zero-order valence-corrected chi connectivity index (χ0v) is 10.8. The van der Waals surface area contributed by atoms with Gasteiger partial charge in [-0.25, -0.2) is 13.6 Å². The largest absolute Gasteiger partial charge is 0.398 e. The van der Waals surface area contributed by atoms with Gasteiger partial charge in [-0.1, -0.05) is 0 Å². The minimum atomic E-state index is -3.49. The number of amides is 1. The molecule has 0 aliphatic carbocycles. The molecule has 5 N–H and O–H groups in total. The van der Waals surface area contributed by atoms with Crippen LogP contribution >= 0.6 is 0 Å². The predicted molar refractivity (Wildman–Crippen MR) is 68.3 cm³/mol. The Balaban J connectivity index is 2.51. The van der Waals surface area contributed by atoms with Crippen LogP contribution in [0.15, 0.2) is 12.3 Å². The predicted octanol–water partition coefficient (Wildman–Crippen LogP) is -0.619. The molecule has 0 saturated heterocycles. The summed E-state index contributed by atoms with van der Waals surface area (Å²) in [5.74, 6) is -0.552. The molecular formula is C10H16N4O3S. The molecule has 0 atom stereocenters. The molecule has 0 saturated carbocycles. The summed E-state index contributed by atoms with van der Waals surface area (Å²) in [6.45, 7) is 1.98. The SMILES string of the molecule is Cc1cc(N)c(C(=O)NCCCS(N)(=O)=O)cn1. The maximum absolute atomic E-state index is 11.7. The van der Waals surface area contributed by atoms with Crippen LogP contribution in [0.25, 0.3) is 0 Å². The Morgan fingerprint density at radius 3 is 2.72 bits per heavy atom. The highest BCUT2D eigenvalue weighted by Gasteiger charge is 2.10. The van der Waals surface area contributed by atoms with Gasteiger partial charge in [-0.15, -0.1) is 0 Å². The van der Waals surface area contributed by atoms with E-state index in [1.807, 2.05) is 0 Å². The average Bonchev–Trinajstić information content (AvgIpc) is 2.22. The number of aromatic nitrogens is 1. The number of hydrogen-bond donors (Lipinski definition) is 3. The highest BCUT2D eigenvalue weighted by atomic mass is 32.2. The van der Waals surface area contributed by atoms with Gasteiger partial charge in [-0.3, -0.25) is 9.78 Å². The zero-order chi connectivity index (χ0) is 13.8. The second-order valence-corrected chi connectivity index (χ2v) is 5.62. The van der Waals surface area contributed by atoms with E-state index in [2.05, 4.69) is 10.3 Å². The lowest BCUT2D eigenvalue weighted by molar-refractivity contribution is 0.0954. The Bertz CT molecular complexity index is 542. The molecule has 1 amide bonds. The second kappa shape index (κ2) is 5.78. The highest BCUT2D eigenvalue weighted by Crippen LogP contribution is 2.10. The van der Waals surface area contributed by atoms with Crippen molar-refractivity contribution in [3.05, 3.63) is 23.5 Å². The molecule has 0 spiro atoms. The fourth-order valence-electron chi connectivity index (χ4n) is 1.34. The fourth-order valence-corrected chi connectivity index (χ4v) is 1.89. The number of rotatable bonds is 5. The van der Waals surface area contributed by atoms with Gasteiger partial charge in [-0.05, 0) is 19.4 Å². The molecule has 1 heterocycles. The summed E-state index contributed by atoms with van der Waals surface area (Å²) in [5, 5.41) is 7.39. The number of carbonyl (C=O) groups excluding carboxylic acids is 1. The molecule has 8 heteroatoms. The normalized spacial score (nSPS) is 11.2. The number of nitrogens with two attached hydrogens (primary N) is 2. The summed E-state index contributed by atoms with van der Waals surface area (Å²) in [7, 11) is -3.49. The molecule has 0 fully saturated rings. The van der Waals surface area contributed by atoms with Gasteiger partial charge in [0.2, 0.25) is 10.0 Å². The summed E-state index contributed by atoms with van der Waals surface area (Å²) in [4.78, 5) is 15.7. The molecule has 100 valence electrons. The highest BCUT2D eigenvalue weighted by molar-refractivity contribution is 7.89. The van der Waals surface area contributed by atoms with Crippen LogP contribution in [0.4, 0.5) is 5.69 Å². The van der Waals surface area contributed by atoms with Crippen molar-refractivity contribution in [1.82, 2.24) is 10.3 Å². The number of primary sulfonamides is 1. The van der Waals surface area contributed by atoms with Crippen LogP contribution in [0.2, 0.25) is 0 Å². The van der Waals surface area contributed by atoms with Crippen molar-refractivity contribution in [1.29, 1.82) is 0 Å². The van der Waals surface area contributed by atoms with Crippen LogP contribution in [0.3, 0.4) is 0 Å². The van der Waals surface area contributed by atoms with Crippen LogP contribution in [-0.4, -0.2) is 31.6 Å². The van der Waals surface area contributed by atoms with Gasteiger partial charge in [-0.2, -0.15) is 0 Å². The van der Waals surface area contributed by atoms with E-state index in [-0.39, 0.29) is 30.2 Å². The summed E-state index contributed by atoms with van der Waals surface area (Å²) < 4.78 is 21.3. The van der Waals surface area contributed by atoms with E-state index in [1.165, 1.54) is 6.20 Å². The first-order valence-electron chi connectivity index (χ1n) is 5.30. The Labute approximate surface area is 106 Å². The van der Waals surface area contributed by atoms with Gasteiger partial charge >= 0.3 is 0 Å². The number of anilines is 1. The Kier molecular flexibility index (Phi) is 4.62. The van der Waals surface area contributed by atoms with Crippen LogP contribution in [-0.2, 0) is 10.0 Å². The third-order valence-corrected chi connectivity index (χ3v) is 3.07. The first-order valence-corrected chi connectivity index (χ1v) is 7.02. The van der Waals surface area contributed by atoms with E-state index < -0.39 is 10.0 Å². The molecule has 1 rings (SSSR count). The third-order valence-electron chi connectivity index (χ3n) is 2.21. The molecule has 1 aromatic rings. The van der Waals surface area contributed by atoms with E-state index in [0.29, 0.717) is 5.69 Å². The number of nitrogen functional groups attached to an aromatic ring is 1. The van der Waals surface area contributed by atoms with Crippen LogP contribution < -0.4 is 16.2 Å². The molecule has 0 bridgehead atoms.